The standard InChI is InChI=1S/C17H27ClN2/c1-13-7-5-6-10-20(13)16-9-8-15(18)11-14(16)12-19-17(2,3)4/h8-9,11,13,19H,5-7,10,12H2,1-4H3. The fourth-order valence-corrected chi connectivity index (χ4v) is 2.99. The van der Waals surface area contributed by atoms with Crippen molar-refractivity contribution in [2.24, 2.45) is 0 Å². The number of piperidine rings is 1. The molecule has 3 heteroatoms. The summed E-state index contributed by atoms with van der Waals surface area (Å²) in [5.41, 5.74) is 2.77. The highest BCUT2D eigenvalue weighted by atomic mass is 35.5. The third-order valence-corrected chi connectivity index (χ3v) is 4.20. The first-order chi connectivity index (χ1) is 9.37. The van der Waals surface area contributed by atoms with E-state index in [0.717, 1.165) is 18.1 Å². The molecule has 0 radical (unpaired) electrons. The number of halogens is 1. The molecule has 20 heavy (non-hydrogen) atoms. The van der Waals surface area contributed by atoms with Gasteiger partial charge in [-0.1, -0.05) is 11.6 Å². The normalized spacial score (nSPS) is 20.2. The lowest BCUT2D eigenvalue weighted by molar-refractivity contribution is 0.422. The van der Waals surface area contributed by atoms with Gasteiger partial charge in [0.2, 0.25) is 0 Å². The van der Waals surface area contributed by atoms with Crippen LogP contribution in [-0.4, -0.2) is 18.1 Å². The molecule has 0 aromatic heterocycles. The van der Waals surface area contributed by atoms with Crippen molar-refractivity contribution in [3.63, 3.8) is 0 Å². The molecular weight excluding hydrogens is 268 g/mol. The van der Waals surface area contributed by atoms with Gasteiger partial charge in [-0.05, 0) is 70.7 Å². The predicted octanol–water partition coefficient (Wildman–Crippen LogP) is 4.61. The van der Waals surface area contributed by atoms with Crippen molar-refractivity contribution in [2.75, 3.05) is 11.4 Å². The average molecular weight is 295 g/mol. The van der Waals surface area contributed by atoms with Crippen LogP contribution in [0.15, 0.2) is 18.2 Å². The largest absolute Gasteiger partial charge is 0.369 e. The van der Waals surface area contributed by atoms with Crippen molar-refractivity contribution in [1.82, 2.24) is 5.32 Å². The Morgan fingerprint density at radius 3 is 2.70 bits per heavy atom. The van der Waals surface area contributed by atoms with Crippen LogP contribution in [0, 0.1) is 0 Å². The molecule has 1 saturated heterocycles. The maximum absolute atomic E-state index is 6.20. The van der Waals surface area contributed by atoms with E-state index in [0.29, 0.717) is 6.04 Å². The molecule has 1 heterocycles. The zero-order valence-electron chi connectivity index (χ0n) is 13.2. The summed E-state index contributed by atoms with van der Waals surface area (Å²) in [7, 11) is 0. The van der Waals surface area contributed by atoms with E-state index in [-0.39, 0.29) is 5.54 Å². The predicted molar refractivity (Wildman–Crippen MR) is 88.7 cm³/mol. The van der Waals surface area contributed by atoms with Crippen LogP contribution in [0.25, 0.3) is 0 Å². The maximum Gasteiger partial charge on any atom is 0.0415 e. The van der Waals surface area contributed by atoms with Gasteiger partial charge < -0.3 is 10.2 Å². The Bertz CT molecular complexity index is 451. The van der Waals surface area contributed by atoms with Crippen molar-refractivity contribution in [2.45, 2.75) is 65.1 Å². The lowest BCUT2D eigenvalue weighted by atomic mass is 10.0. The van der Waals surface area contributed by atoms with Crippen molar-refractivity contribution >= 4 is 17.3 Å². The van der Waals surface area contributed by atoms with Crippen LogP contribution in [0.2, 0.25) is 5.02 Å². The van der Waals surface area contributed by atoms with Gasteiger partial charge in [-0.25, -0.2) is 0 Å². The van der Waals surface area contributed by atoms with Gasteiger partial charge in [0.05, 0.1) is 0 Å². The van der Waals surface area contributed by atoms with Gasteiger partial charge >= 0.3 is 0 Å². The number of nitrogens with one attached hydrogen (secondary N) is 1. The van der Waals surface area contributed by atoms with Gasteiger partial charge in [0, 0.05) is 35.4 Å². The molecule has 2 nitrogen and oxygen atoms in total. The summed E-state index contributed by atoms with van der Waals surface area (Å²) in [5.74, 6) is 0. The van der Waals surface area contributed by atoms with Gasteiger partial charge in [0.15, 0.2) is 0 Å². The van der Waals surface area contributed by atoms with Gasteiger partial charge in [0.25, 0.3) is 0 Å². The highest BCUT2D eigenvalue weighted by Gasteiger charge is 2.21. The van der Waals surface area contributed by atoms with E-state index >= 15 is 0 Å². The van der Waals surface area contributed by atoms with Gasteiger partial charge in [-0.3, -0.25) is 0 Å². The zero-order chi connectivity index (χ0) is 14.8. The number of nitrogens with zero attached hydrogens (tertiary/aromatic N) is 1. The highest BCUT2D eigenvalue weighted by Crippen LogP contribution is 2.30. The van der Waals surface area contributed by atoms with Crippen LogP contribution < -0.4 is 10.2 Å². The molecule has 0 spiro atoms. The third-order valence-electron chi connectivity index (χ3n) is 3.96. The molecule has 1 aromatic carbocycles. The second-order valence-electron chi connectivity index (χ2n) is 6.91. The van der Waals surface area contributed by atoms with Gasteiger partial charge in [0.1, 0.15) is 0 Å². The van der Waals surface area contributed by atoms with E-state index in [1.165, 1.54) is 30.5 Å². The summed E-state index contributed by atoms with van der Waals surface area (Å²) in [6.45, 7) is 10.9. The first-order valence-electron chi connectivity index (χ1n) is 7.67. The molecule has 1 aliphatic heterocycles. The van der Waals surface area contributed by atoms with Crippen LogP contribution in [0.5, 0.6) is 0 Å². The first-order valence-corrected chi connectivity index (χ1v) is 8.05. The SMILES string of the molecule is CC1CCCCN1c1ccc(Cl)cc1CNC(C)(C)C. The molecule has 1 aliphatic rings. The van der Waals surface area contributed by atoms with Crippen molar-refractivity contribution in [1.29, 1.82) is 0 Å². The van der Waals surface area contributed by atoms with Gasteiger partial charge in [-0.2, -0.15) is 0 Å². The van der Waals surface area contributed by atoms with E-state index in [1.807, 2.05) is 6.07 Å². The molecule has 0 aliphatic carbocycles. The Labute approximate surface area is 128 Å². The molecule has 1 N–H and O–H groups in total. The fourth-order valence-electron chi connectivity index (χ4n) is 2.79. The molecule has 1 fully saturated rings. The maximum atomic E-state index is 6.20. The quantitative estimate of drug-likeness (QED) is 0.876. The van der Waals surface area contributed by atoms with Crippen molar-refractivity contribution in [3.8, 4) is 0 Å². The Morgan fingerprint density at radius 1 is 1.30 bits per heavy atom. The van der Waals surface area contributed by atoms with E-state index in [2.05, 4.69) is 50.0 Å². The van der Waals surface area contributed by atoms with Crippen molar-refractivity contribution < 1.29 is 0 Å². The summed E-state index contributed by atoms with van der Waals surface area (Å²) in [6.07, 6.45) is 3.93. The van der Waals surface area contributed by atoms with Crippen LogP contribution >= 0.6 is 11.6 Å². The second-order valence-corrected chi connectivity index (χ2v) is 7.35. The number of hydrogen-bond donors (Lipinski definition) is 1. The third kappa shape index (κ3) is 4.13. The summed E-state index contributed by atoms with van der Waals surface area (Å²) in [5, 5.41) is 4.40. The average Bonchev–Trinajstić information content (AvgIpc) is 2.37. The molecule has 0 bridgehead atoms. The Morgan fingerprint density at radius 2 is 2.05 bits per heavy atom. The molecule has 0 saturated carbocycles. The molecule has 112 valence electrons. The highest BCUT2D eigenvalue weighted by molar-refractivity contribution is 6.30. The zero-order valence-corrected chi connectivity index (χ0v) is 13.9. The first kappa shape index (κ1) is 15.7. The summed E-state index contributed by atoms with van der Waals surface area (Å²) < 4.78 is 0. The molecule has 0 amide bonds. The fraction of sp³-hybridized carbons (Fsp3) is 0.647. The Kier molecular flexibility index (Phi) is 4.98. The summed E-state index contributed by atoms with van der Waals surface area (Å²) in [4.78, 5) is 2.54. The van der Waals surface area contributed by atoms with Crippen LogP contribution in [-0.2, 0) is 6.54 Å². The van der Waals surface area contributed by atoms with E-state index in [4.69, 9.17) is 11.6 Å². The van der Waals surface area contributed by atoms with Crippen LogP contribution in [0.3, 0.4) is 0 Å². The second kappa shape index (κ2) is 6.36. The minimum Gasteiger partial charge on any atom is -0.369 e. The molecule has 1 atom stereocenters. The Hall–Kier alpha value is -0.730. The number of rotatable bonds is 3. The minimum atomic E-state index is 0.118. The summed E-state index contributed by atoms with van der Waals surface area (Å²) >= 11 is 6.20. The summed E-state index contributed by atoms with van der Waals surface area (Å²) in [6, 6.07) is 6.93. The van der Waals surface area contributed by atoms with Crippen molar-refractivity contribution in [3.05, 3.63) is 28.8 Å². The monoisotopic (exact) mass is 294 g/mol. The molecule has 2 rings (SSSR count). The topological polar surface area (TPSA) is 15.3 Å². The Balaban J connectivity index is 2.23. The lowest BCUT2D eigenvalue weighted by Gasteiger charge is -2.37. The molecule has 1 unspecified atom stereocenters. The molecular formula is C17H27ClN2. The van der Waals surface area contributed by atoms with E-state index in [1.54, 1.807) is 0 Å². The number of benzene rings is 1. The van der Waals surface area contributed by atoms with E-state index in [9.17, 15) is 0 Å². The lowest BCUT2D eigenvalue weighted by Crippen LogP contribution is -2.39. The van der Waals surface area contributed by atoms with Crippen LogP contribution in [0.1, 0.15) is 52.5 Å². The van der Waals surface area contributed by atoms with E-state index < -0.39 is 0 Å². The number of hydrogen-bond acceptors (Lipinski definition) is 2. The minimum absolute atomic E-state index is 0.118. The molecule has 1 aromatic rings. The van der Waals surface area contributed by atoms with Crippen LogP contribution in [0.4, 0.5) is 5.69 Å². The number of anilines is 1. The van der Waals surface area contributed by atoms with Gasteiger partial charge in [-0.15, -0.1) is 0 Å². The smallest absolute Gasteiger partial charge is 0.0415 e.